The lowest BCUT2D eigenvalue weighted by molar-refractivity contribution is 0.0592. The first kappa shape index (κ1) is 8.93. The van der Waals surface area contributed by atoms with Gasteiger partial charge in [0, 0.05) is 0 Å². The van der Waals surface area contributed by atoms with Gasteiger partial charge < -0.3 is 4.74 Å². The molecule has 12 heavy (non-hydrogen) atoms. The maximum atomic E-state index is 10.9. The molecule has 4 nitrogen and oxygen atoms in total. The summed E-state index contributed by atoms with van der Waals surface area (Å²) in [6.45, 7) is 1.74. The van der Waals surface area contributed by atoms with Crippen molar-refractivity contribution in [3.63, 3.8) is 0 Å². The molecule has 0 aromatic carbocycles. The number of aryl methyl sites for hydroxylation is 1. The van der Waals surface area contributed by atoms with Gasteiger partial charge in [-0.1, -0.05) is 11.6 Å². The minimum absolute atomic E-state index is 0.166. The third-order valence-corrected chi connectivity index (χ3v) is 1.69. The van der Waals surface area contributed by atoms with Crippen molar-refractivity contribution in [3.8, 4) is 0 Å². The first-order chi connectivity index (χ1) is 5.65. The molecule has 0 saturated carbocycles. The normalized spacial score (nSPS) is 9.58. The molecular weight excluding hydrogens is 180 g/mol. The largest absolute Gasteiger partial charge is 0.464 e. The van der Waals surface area contributed by atoms with Crippen LogP contribution in [0.4, 0.5) is 0 Å². The predicted molar refractivity (Wildman–Crippen MR) is 43.1 cm³/mol. The molecule has 0 aliphatic carbocycles. The first-order valence-corrected chi connectivity index (χ1v) is 3.61. The highest BCUT2D eigenvalue weighted by Gasteiger charge is 2.09. The molecule has 0 aliphatic heterocycles. The molecule has 0 bridgehead atoms. The summed E-state index contributed by atoms with van der Waals surface area (Å²) in [4.78, 5) is 10.9. The van der Waals surface area contributed by atoms with Crippen molar-refractivity contribution in [2.45, 2.75) is 6.92 Å². The number of ether oxygens (including phenoxy) is 1. The van der Waals surface area contributed by atoms with Crippen LogP contribution >= 0.6 is 11.6 Å². The van der Waals surface area contributed by atoms with E-state index in [-0.39, 0.29) is 5.69 Å². The Kier molecular flexibility index (Phi) is 2.60. The summed E-state index contributed by atoms with van der Waals surface area (Å²) in [5, 5.41) is 7.41. The fourth-order valence-corrected chi connectivity index (χ4v) is 0.767. The van der Waals surface area contributed by atoms with Gasteiger partial charge in [-0.15, -0.1) is 10.2 Å². The lowest BCUT2D eigenvalue weighted by Crippen LogP contribution is -2.06. The van der Waals surface area contributed by atoms with Gasteiger partial charge in [0.05, 0.1) is 7.11 Å². The standard InChI is InChI=1S/C7H7ClN2O2/c1-4-3-5(7(11)12-2)9-10-6(4)8/h3H,1-2H3. The molecule has 64 valence electrons. The van der Waals surface area contributed by atoms with E-state index >= 15 is 0 Å². The van der Waals surface area contributed by atoms with Crippen molar-refractivity contribution in [1.82, 2.24) is 10.2 Å². The average Bonchev–Trinajstić information content (AvgIpc) is 2.08. The van der Waals surface area contributed by atoms with Gasteiger partial charge in [0.2, 0.25) is 0 Å². The van der Waals surface area contributed by atoms with Gasteiger partial charge in [-0.2, -0.15) is 0 Å². The summed E-state index contributed by atoms with van der Waals surface area (Å²) in [5.41, 5.74) is 0.867. The molecule has 0 amide bonds. The molecule has 0 saturated heterocycles. The predicted octanol–water partition coefficient (Wildman–Crippen LogP) is 1.23. The van der Waals surface area contributed by atoms with E-state index in [1.54, 1.807) is 6.92 Å². The van der Waals surface area contributed by atoms with Crippen LogP contribution in [-0.4, -0.2) is 23.3 Å². The summed E-state index contributed by atoms with van der Waals surface area (Å²) >= 11 is 5.60. The van der Waals surface area contributed by atoms with Crippen LogP contribution in [0.2, 0.25) is 5.15 Å². The number of nitrogens with zero attached hydrogens (tertiary/aromatic N) is 2. The summed E-state index contributed by atoms with van der Waals surface area (Å²) in [6, 6.07) is 1.53. The molecule has 0 aliphatic rings. The van der Waals surface area contributed by atoms with E-state index in [1.807, 2.05) is 0 Å². The van der Waals surface area contributed by atoms with Crippen molar-refractivity contribution in [3.05, 3.63) is 22.5 Å². The maximum absolute atomic E-state index is 10.9. The fraction of sp³-hybridized carbons (Fsp3) is 0.286. The number of carbonyl (C=O) groups excluding carboxylic acids is 1. The lowest BCUT2D eigenvalue weighted by Gasteiger charge is -1.98. The summed E-state index contributed by atoms with van der Waals surface area (Å²) < 4.78 is 4.45. The molecule has 0 atom stereocenters. The Hall–Kier alpha value is -1.16. The zero-order chi connectivity index (χ0) is 9.14. The Bertz CT molecular complexity index is 314. The highest BCUT2D eigenvalue weighted by atomic mass is 35.5. The zero-order valence-corrected chi connectivity index (χ0v) is 7.42. The first-order valence-electron chi connectivity index (χ1n) is 3.23. The second-order valence-electron chi connectivity index (χ2n) is 2.19. The number of methoxy groups -OCH3 is 1. The van der Waals surface area contributed by atoms with E-state index in [2.05, 4.69) is 14.9 Å². The quantitative estimate of drug-likeness (QED) is 0.619. The number of esters is 1. The average molecular weight is 187 g/mol. The fourth-order valence-electron chi connectivity index (χ4n) is 0.674. The third kappa shape index (κ3) is 1.71. The van der Waals surface area contributed by atoms with Crippen LogP contribution in [0, 0.1) is 6.92 Å². The van der Waals surface area contributed by atoms with Gasteiger partial charge in [0.15, 0.2) is 10.8 Å². The van der Waals surface area contributed by atoms with Crippen LogP contribution in [0.3, 0.4) is 0 Å². The highest BCUT2D eigenvalue weighted by Crippen LogP contribution is 2.10. The Morgan fingerprint density at radius 2 is 2.25 bits per heavy atom. The van der Waals surface area contributed by atoms with Gasteiger partial charge in [0.1, 0.15) is 0 Å². The van der Waals surface area contributed by atoms with Crippen molar-refractivity contribution in [1.29, 1.82) is 0 Å². The van der Waals surface area contributed by atoms with Crippen LogP contribution in [0.25, 0.3) is 0 Å². The Morgan fingerprint density at radius 1 is 1.58 bits per heavy atom. The Balaban J connectivity index is 3.05. The van der Waals surface area contributed by atoms with E-state index in [0.717, 1.165) is 0 Å². The summed E-state index contributed by atoms with van der Waals surface area (Å²) in [7, 11) is 1.29. The molecule has 0 fully saturated rings. The molecule has 1 heterocycles. The van der Waals surface area contributed by atoms with E-state index in [9.17, 15) is 4.79 Å². The number of hydrogen-bond acceptors (Lipinski definition) is 4. The van der Waals surface area contributed by atoms with Crippen LogP contribution in [0.1, 0.15) is 16.1 Å². The van der Waals surface area contributed by atoms with Crippen molar-refractivity contribution < 1.29 is 9.53 Å². The molecule has 1 aromatic rings. The second kappa shape index (κ2) is 3.49. The van der Waals surface area contributed by atoms with Crippen LogP contribution in [0.15, 0.2) is 6.07 Å². The van der Waals surface area contributed by atoms with Crippen molar-refractivity contribution in [2.24, 2.45) is 0 Å². The van der Waals surface area contributed by atoms with Gasteiger partial charge in [-0.25, -0.2) is 4.79 Å². The van der Waals surface area contributed by atoms with Crippen LogP contribution in [-0.2, 0) is 4.74 Å². The van der Waals surface area contributed by atoms with Crippen molar-refractivity contribution >= 4 is 17.6 Å². The van der Waals surface area contributed by atoms with Gasteiger partial charge in [-0.3, -0.25) is 0 Å². The molecule has 1 rings (SSSR count). The lowest BCUT2D eigenvalue weighted by atomic mass is 10.3. The van der Waals surface area contributed by atoms with Crippen LogP contribution in [0.5, 0.6) is 0 Å². The van der Waals surface area contributed by atoms with Gasteiger partial charge >= 0.3 is 5.97 Å². The monoisotopic (exact) mass is 186 g/mol. The van der Waals surface area contributed by atoms with Gasteiger partial charge in [0.25, 0.3) is 0 Å². The van der Waals surface area contributed by atoms with Gasteiger partial charge in [-0.05, 0) is 18.6 Å². The SMILES string of the molecule is COC(=O)c1cc(C)c(Cl)nn1. The number of hydrogen-bond donors (Lipinski definition) is 0. The molecule has 0 radical (unpaired) electrons. The van der Waals surface area contributed by atoms with Crippen molar-refractivity contribution in [2.75, 3.05) is 7.11 Å². The van der Waals surface area contributed by atoms with E-state index in [1.165, 1.54) is 13.2 Å². The Labute approximate surface area is 74.5 Å². The summed E-state index contributed by atoms with van der Waals surface area (Å²) in [6.07, 6.45) is 0. The summed E-state index contributed by atoms with van der Waals surface area (Å²) in [5.74, 6) is -0.512. The molecular formula is C7H7ClN2O2. The maximum Gasteiger partial charge on any atom is 0.358 e. The minimum Gasteiger partial charge on any atom is -0.464 e. The highest BCUT2D eigenvalue weighted by molar-refractivity contribution is 6.30. The number of carbonyl (C=O) groups is 1. The third-order valence-electron chi connectivity index (χ3n) is 1.32. The number of rotatable bonds is 1. The van der Waals surface area contributed by atoms with E-state index < -0.39 is 5.97 Å². The number of aromatic nitrogens is 2. The van der Waals surface area contributed by atoms with E-state index in [0.29, 0.717) is 10.7 Å². The molecule has 0 spiro atoms. The molecule has 5 heteroatoms. The van der Waals surface area contributed by atoms with E-state index in [4.69, 9.17) is 11.6 Å². The number of halogens is 1. The Morgan fingerprint density at radius 3 is 2.75 bits per heavy atom. The second-order valence-corrected chi connectivity index (χ2v) is 2.55. The smallest absolute Gasteiger partial charge is 0.358 e. The zero-order valence-electron chi connectivity index (χ0n) is 6.67. The van der Waals surface area contributed by atoms with Crippen LogP contribution < -0.4 is 0 Å². The molecule has 0 unspecified atom stereocenters. The topological polar surface area (TPSA) is 52.1 Å². The molecule has 1 aromatic heterocycles. The molecule has 0 N–H and O–H groups in total. The minimum atomic E-state index is -0.512.